The van der Waals surface area contributed by atoms with Gasteiger partial charge in [-0.3, -0.25) is 9.59 Å². The first-order valence-corrected chi connectivity index (χ1v) is 7.67. The quantitative estimate of drug-likeness (QED) is 0.605. The average Bonchev–Trinajstić information content (AvgIpc) is 2.74. The Morgan fingerprint density at radius 2 is 1.86 bits per heavy atom. The zero-order valence-electron chi connectivity index (χ0n) is 12.3. The first-order valence-electron chi connectivity index (χ1n) is 7.67. The van der Waals surface area contributed by atoms with Gasteiger partial charge in [0.15, 0.2) is 0 Å². The Labute approximate surface area is 124 Å². The molecule has 0 aliphatic carbocycles. The van der Waals surface area contributed by atoms with Gasteiger partial charge in [0.05, 0.1) is 12.5 Å². The van der Waals surface area contributed by atoms with E-state index in [4.69, 9.17) is 10.2 Å². The number of carbonyl (C=O) groups is 2. The number of hydrogen-bond acceptors (Lipinski definition) is 5. The van der Waals surface area contributed by atoms with Crippen LogP contribution in [0.3, 0.4) is 0 Å². The molecular formula is C14H25N3O4. The number of carbonyl (C=O) groups excluding carboxylic acids is 1. The molecule has 1 amide bonds. The van der Waals surface area contributed by atoms with Gasteiger partial charge in [-0.15, -0.1) is 0 Å². The van der Waals surface area contributed by atoms with Crippen LogP contribution in [0, 0.1) is 11.8 Å². The van der Waals surface area contributed by atoms with Gasteiger partial charge in [0.2, 0.25) is 5.91 Å². The normalized spacial score (nSPS) is 25.6. The number of β-amino-alcohol motifs (C(OH)–C–C–N with tert-alkyl or cyclic N) is 1. The maximum Gasteiger partial charge on any atom is 0.309 e. The summed E-state index contributed by atoms with van der Waals surface area (Å²) in [4.78, 5) is 27.6. The molecule has 2 aliphatic rings. The van der Waals surface area contributed by atoms with Crippen LogP contribution in [-0.2, 0) is 9.59 Å². The van der Waals surface area contributed by atoms with Crippen LogP contribution >= 0.6 is 0 Å². The maximum atomic E-state index is 12.6. The van der Waals surface area contributed by atoms with E-state index in [1.165, 1.54) is 0 Å². The van der Waals surface area contributed by atoms with E-state index in [0.717, 1.165) is 25.9 Å². The van der Waals surface area contributed by atoms with Crippen LogP contribution in [0.1, 0.15) is 12.8 Å². The maximum absolute atomic E-state index is 12.6. The number of rotatable bonds is 4. The van der Waals surface area contributed by atoms with Crippen molar-refractivity contribution in [2.45, 2.75) is 12.8 Å². The highest BCUT2D eigenvalue weighted by Gasteiger charge is 2.32. The number of piperidine rings is 1. The van der Waals surface area contributed by atoms with Crippen LogP contribution < -0.4 is 5.32 Å². The smallest absolute Gasteiger partial charge is 0.309 e. The van der Waals surface area contributed by atoms with Gasteiger partial charge in [0.1, 0.15) is 0 Å². The second kappa shape index (κ2) is 7.72. The molecule has 7 heteroatoms. The van der Waals surface area contributed by atoms with Crippen molar-refractivity contribution in [1.82, 2.24) is 15.1 Å². The van der Waals surface area contributed by atoms with E-state index < -0.39 is 11.9 Å². The molecule has 21 heavy (non-hydrogen) atoms. The van der Waals surface area contributed by atoms with Crippen LogP contribution in [0.4, 0.5) is 0 Å². The lowest BCUT2D eigenvalue weighted by Gasteiger charge is -2.34. The molecule has 0 radical (unpaired) electrons. The number of carboxylic acids is 1. The minimum atomic E-state index is -0.847. The topological polar surface area (TPSA) is 93.1 Å². The number of amides is 1. The van der Waals surface area contributed by atoms with Crippen LogP contribution in [0.25, 0.3) is 0 Å². The second-order valence-corrected chi connectivity index (χ2v) is 5.86. The number of aliphatic hydroxyl groups is 1. The SMILES string of the molecule is O=C(O)[C@@H]1CNCCN(C(=O)C2CCN(CCO)CC2)C1. The summed E-state index contributed by atoms with van der Waals surface area (Å²) in [5, 5.41) is 21.2. The number of aliphatic hydroxyl groups excluding tert-OH is 1. The molecule has 0 bridgehead atoms. The van der Waals surface area contributed by atoms with Crippen molar-refractivity contribution in [2.75, 3.05) is 52.4 Å². The largest absolute Gasteiger partial charge is 0.481 e. The molecule has 120 valence electrons. The Bertz CT molecular complexity index is 369. The van der Waals surface area contributed by atoms with Gasteiger partial charge in [-0.2, -0.15) is 0 Å². The third-order valence-electron chi connectivity index (χ3n) is 4.40. The van der Waals surface area contributed by atoms with E-state index in [2.05, 4.69) is 10.2 Å². The predicted octanol–water partition coefficient (Wildman–Crippen LogP) is -1.18. The Morgan fingerprint density at radius 1 is 1.14 bits per heavy atom. The molecule has 2 saturated heterocycles. The van der Waals surface area contributed by atoms with Gasteiger partial charge in [0, 0.05) is 38.6 Å². The van der Waals surface area contributed by atoms with E-state index >= 15 is 0 Å². The zero-order chi connectivity index (χ0) is 15.2. The van der Waals surface area contributed by atoms with Gasteiger partial charge in [-0.1, -0.05) is 0 Å². The first-order chi connectivity index (χ1) is 10.1. The molecule has 1 atom stereocenters. The van der Waals surface area contributed by atoms with Gasteiger partial charge in [0.25, 0.3) is 0 Å². The van der Waals surface area contributed by atoms with Gasteiger partial charge >= 0.3 is 5.97 Å². The van der Waals surface area contributed by atoms with Gasteiger partial charge < -0.3 is 25.3 Å². The monoisotopic (exact) mass is 299 g/mol. The molecule has 0 unspecified atom stereocenters. The number of aliphatic carboxylic acids is 1. The van der Waals surface area contributed by atoms with E-state index in [0.29, 0.717) is 32.7 Å². The van der Waals surface area contributed by atoms with Crippen LogP contribution in [0.15, 0.2) is 0 Å². The number of likely N-dealkylation sites (tertiary alicyclic amines) is 1. The van der Waals surface area contributed by atoms with Crippen LogP contribution in [0.5, 0.6) is 0 Å². The summed E-state index contributed by atoms with van der Waals surface area (Å²) >= 11 is 0. The molecule has 2 aliphatic heterocycles. The third-order valence-corrected chi connectivity index (χ3v) is 4.40. The van der Waals surface area contributed by atoms with E-state index in [-0.39, 0.29) is 18.4 Å². The fraction of sp³-hybridized carbons (Fsp3) is 0.857. The molecular weight excluding hydrogens is 274 g/mol. The molecule has 0 aromatic rings. The van der Waals surface area contributed by atoms with Crippen molar-refractivity contribution >= 4 is 11.9 Å². The molecule has 2 fully saturated rings. The van der Waals surface area contributed by atoms with Crippen molar-refractivity contribution in [3.8, 4) is 0 Å². The third kappa shape index (κ3) is 4.39. The predicted molar refractivity (Wildman–Crippen MR) is 76.8 cm³/mol. The Morgan fingerprint density at radius 3 is 2.48 bits per heavy atom. The molecule has 2 heterocycles. The summed E-state index contributed by atoms with van der Waals surface area (Å²) in [7, 11) is 0. The molecule has 2 rings (SSSR count). The molecule has 0 spiro atoms. The van der Waals surface area contributed by atoms with Crippen molar-refractivity contribution in [2.24, 2.45) is 11.8 Å². The zero-order valence-corrected chi connectivity index (χ0v) is 12.3. The molecule has 3 N–H and O–H groups in total. The lowest BCUT2D eigenvalue weighted by atomic mass is 9.95. The summed E-state index contributed by atoms with van der Waals surface area (Å²) in [5.74, 6) is -1.29. The fourth-order valence-electron chi connectivity index (χ4n) is 3.08. The second-order valence-electron chi connectivity index (χ2n) is 5.86. The molecule has 0 aromatic heterocycles. The van der Waals surface area contributed by atoms with Crippen LogP contribution in [-0.4, -0.2) is 84.3 Å². The van der Waals surface area contributed by atoms with Crippen LogP contribution in [0.2, 0.25) is 0 Å². The number of hydrogen-bond donors (Lipinski definition) is 3. The summed E-state index contributed by atoms with van der Waals surface area (Å²) < 4.78 is 0. The summed E-state index contributed by atoms with van der Waals surface area (Å²) in [6.45, 7) is 4.42. The Kier molecular flexibility index (Phi) is 5.96. The lowest BCUT2D eigenvalue weighted by Crippen LogP contribution is -2.45. The minimum Gasteiger partial charge on any atom is -0.481 e. The van der Waals surface area contributed by atoms with Crippen molar-refractivity contribution in [3.63, 3.8) is 0 Å². The van der Waals surface area contributed by atoms with Gasteiger partial charge in [-0.05, 0) is 25.9 Å². The summed E-state index contributed by atoms with van der Waals surface area (Å²) in [6, 6.07) is 0. The Hall–Kier alpha value is -1.18. The van der Waals surface area contributed by atoms with Gasteiger partial charge in [-0.25, -0.2) is 0 Å². The van der Waals surface area contributed by atoms with Crippen molar-refractivity contribution < 1.29 is 19.8 Å². The highest BCUT2D eigenvalue weighted by Crippen LogP contribution is 2.20. The first kappa shape index (κ1) is 16.2. The highest BCUT2D eigenvalue weighted by atomic mass is 16.4. The molecule has 7 nitrogen and oxygen atoms in total. The van der Waals surface area contributed by atoms with Crippen molar-refractivity contribution in [1.29, 1.82) is 0 Å². The average molecular weight is 299 g/mol. The highest BCUT2D eigenvalue weighted by molar-refractivity contribution is 5.80. The Balaban J connectivity index is 1.88. The number of nitrogens with one attached hydrogen (secondary N) is 1. The summed E-state index contributed by atoms with van der Waals surface area (Å²) in [6.07, 6.45) is 1.58. The molecule has 0 aromatic carbocycles. The van der Waals surface area contributed by atoms with E-state index in [1.807, 2.05) is 0 Å². The fourth-order valence-corrected chi connectivity index (χ4v) is 3.08. The number of carboxylic acid groups (broad SMARTS) is 1. The number of nitrogens with zero attached hydrogens (tertiary/aromatic N) is 2. The molecule has 0 saturated carbocycles. The minimum absolute atomic E-state index is 0.00696. The van der Waals surface area contributed by atoms with E-state index in [9.17, 15) is 9.59 Å². The van der Waals surface area contributed by atoms with Crippen molar-refractivity contribution in [3.05, 3.63) is 0 Å². The standard InChI is InChI=1S/C14H25N3O4/c18-8-7-16-4-1-11(2-5-16)13(19)17-6-3-15-9-12(10-17)14(20)21/h11-12,15,18H,1-10H2,(H,20,21)/t12-/m1/s1. The van der Waals surface area contributed by atoms with E-state index in [1.54, 1.807) is 4.90 Å². The lowest BCUT2D eigenvalue weighted by molar-refractivity contribution is -0.144. The summed E-state index contributed by atoms with van der Waals surface area (Å²) in [5.41, 5.74) is 0.